The van der Waals surface area contributed by atoms with E-state index < -0.39 is 9.84 Å². The van der Waals surface area contributed by atoms with Crippen molar-refractivity contribution in [1.82, 2.24) is 9.47 Å². The lowest BCUT2D eigenvalue weighted by molar-refractivity contribution is 0.0725. The van der Waals surface area contributed by atoms with Crippen molar-refractivity contribution in [2.24, 2.45) is 0 Å². The van der Waals surface area contributed by atoms with Gasteiger partial charge in [0.2, 0.25) is 0 Å². The lowest BCUT2D eigenvalue weighted by atomic mass is 10.1. The van der Waals surface area contributed by atoms with Gasteiger partial charge in [0.1, 0.15) is 0 Å². The van der Waals surface area contributed by atoms with Crippen LogP contribution in [0.25, 0.3) is 0 Å². The minimum Gasteiger partial charge on any atom is -0.349 e. The smallest absolute Gasteiger partial charge is 0.255 e. The summed E-state index contributed by atoms with van der Waals surface area (Å²) in [4.78, 5) is 14.5. The standard InChI is InChI=1S/C16H26N2O3S/c1-5-18-12(3)11-15(13(18)4)16(19)17-9-7-14(8-10-17)22(20,21)6-2/h11,14H,5-10H2,1-4H3. The molecule has 2 heterocycles. The fourth-order valence-electron chi connectivity index (χ4n) is 3.33. The summed E-state index contributed by atoms with van der Waals surface area (Å²) in [6.45, 7) is 9.63. The van der Waals surface area contributed by atoms with E-state index in [0.717, 1.165) is 23.5 Å². The van der Waals surface area contributed by atoms with Crippen molar-refractivity contribution in [1.29, 1.82) is 0 Å². The molecule has 0 N–H and O–H groups in total. The molecule has 1 amide bonds. The van der Waals surface area contributed by atoms with Gasteiger partial charge in [-0.2, -0.15) is 0 Å². The quantitative estimate of drug-likeness (QED) is 0.852. The number of rotatable bonds is 4. The maximum absolute atomic E-state index is 12.7. The molecular weight excluding hydrogens is 300 g/mol. The molecule has 124 valence electrons. The molecule has 0 spiro atoms. The van der Waals surface area contributed by atoms with Crippen molar-refractivity contribution in [3.63, 3.8) is 0 Å². The average molecular weight is 326 g/mol. The Balaban J connectivity index is 2.10. The van der Waals surface area contributed by atoms with E-state index in [1.54, 1.807) is 11.8 Å². The van der Waals surface area contributed by atoms with E-state index in [1.165, 1.54) is 0 Å². The molecule has 1 aliphatic heterocycles. The molecule has 22 heavy (non-hydrogen) atoms. The van der Waals surface area contributed by atoms with E-state index in [0.29, 0.717) is 25.9 Å². The predicted molar refractivity (Wildman–Crippen MR) is 88.0 cm³/mol. The molecule has 0 bridgehead atoms. The maximum atomic E-state index is 12.7. The molecule has 6 heteroatoms. The van der Waals surface area contributed by atoms with Gasteiger partial charge >= 0.3 is 0 Å². The first-order valence-electron chi connectivity index (χ1n) is 7.99. The van der Waals surface area contributed by atoms with E-state index >= 15 is 0 Å². The van der Waals surface area contributed by atoms with Crippen molar-refractivity contribution < 1.29 is 13.2 Å². The van der Waals surface area contributed by atoms with E-state index in [-0.39, 0.29) is 16.9 Å². The van der Waals surface area contributed by atoms with Gasteiger partial charge in [-0.15, -0.1) is 0 Å². The van der Waals surface area contributed by atoms with Crippen LogP contribution in [0.5, 0.6) is 0 Å². The highest BCUT2D eigenvalue weighted by Crippen LogP contribution is 2.22. The number of amides is 1. The SMILES string of the molecule is CCn1c(C)cc(C(=O)N2CCC(S(=O)(=O)CC)CC2)c1C. The predicted octanol–water partition coefficient (Wildman–Crippen LogP) is 2.16. The summed E-state index contributed by atoms with van der Waals surface area (Å²) < 4.78 is 26.0. The van der Waals surface area contributed by atoms with Gasteiger partial charge in [-0.05, 0) is 39.7 Å². The molecule has 1 saturated heterocycles. The van der Waals surface area contributed by atoms with Crippen molar-refractivity contribution in [3.05, 3.63) is 23.0 Å². The Labute approximate surface area is 133 Å². The largest absolute Gasteiger partial charge is 0.349 e. The third kappa shape index (κ3) is 3.07. The fourth-order valence-corrected chi connectivity index (χ4v) is 4.73. The Morgan fingerprint density at radius 3 is 2.27 bits per heavy atom. The Kier molecular flexibility index (Phi) is 5.00. The summed E-state index contributed by atoms with van der Waals surface area (Å²) in [5.74, 6) is 0.212. The number of hydrogen-bond donors (Lipinski definition) is 0. The molecule has 0 atom stereocenters. The molecular formula is C16H26N2O3S. The monoisotopic (exact) mass is 326 g/mol. The highest BCUT2D eigenvalue weighted by atomic mass is 32.2. The zero-order chi connectivity index (χ0) is 16.5. The van der Waals surface area contributed by atoms with E-state index in [2.05, 4.69) is 11.5 Å². The zero-order valence-electron chi connectivity index (χ0n) is 13.9. The summed E-state index contributed by atoms with van der Waals surface area (Å²) >= 11 is 0. The summed E-state index contributed by atoms with van der Waals surface area (Å²) in [7, 11) is -2.99. The number of aromatic nitrogens is 1. The highest BCUT2D eigenvalue weighted by Gasteiger charge is 2.31. The molecule has 0 saturated carbocycles. The molecule has 1 aliphatic rings. The van der Waals surface area contributed by atoms with E-state index in [1.807, 2.05) is 19.9 Å². The Bertz CT molecular complexity index is 653. The zero-order valence-corrected chi connectivity index (χ0v) is 14.7. The molecule has 1 aromatic rings. The van der Waals surface area contributed by atoms with Crippen LogP contribution in [-0.2, 0) is 16.4 Å². The molecule has 0 radical (unpaired) electrons. The number of aryl methyl sites for hydroxylation is 1. The minimum atomic E-state index is -2.99. The van der Waals surface area contributed by atoms with Crippen molar-refractivity contribution >= 4 is 15.7 Å². The number of hydrogen-bond acceptors (Lipinski definition) is 3. The average Bonchev–Trinajstić information content (AvgIpc) is 2.80. The summed E-state index contributed by atoms with van der Waals surface area (Å²) in [6.07, 6.45) is 1.10. The second-order valence-electron chi connectivity index (χ2n) is 5.97. The van der Waals surface area contributed by atoms with E-state index in [4.69, 9.17) is 0 Å². The van der Waals surface area contributed by atoms with Crippen molar-refractivity contribution in [2.45, 2.75) is 52.3 Å². The minimum absolute atomic E-state index is 0.0279. The summed E-state index contributed by atoms with van der Waals surface area (Å²) in [6, 6.07) is 1.94. The van der Waals surface area contributed by atoms with Crippen LogP contribution in [-0.4, -0.2) is 47.9 Å². The van der Waals surface area contributed by atoms with Gasteiger partial charge in [-0.1, -0.05) is 6.92 Å². The second-order valence-corrected chi connectivity index (χ2v) is 8.54. The van der Waals surface area contributed by atoms with Crippen LogP contribution in [0, 0.1) is 13.8 Å². The highest BCUT2D eigenvalue weighted by molar-refractivity contribution is 7.92. The first-order valence-corrected chi connectivity index (χ1v) is 9.70. The van der Waals surface area contributed by atoms with Crippen molar-refractivity contribution in [2.75, 3.05) is 18.8 Å². The molecule has 5 nitrogen and oxygen atoms in total. The lowest BCUT2D eigenvalue weighted by Gasteiger charge is -2.31. The molecule has 0 aromatic carbocycles. The first kappa shape index (κ1) is 17.1. The van der Waals surface area contributed by atoms with Crippen LogP contribution in [0.3, 0.4) is 0 Å². The summed E-state index contributed by atoms with van der Waals surface area (Å²) in [5.41, 5.74) is 2.83. The van der Waals surface area contributed by atoms with Gasteiger partial charge in [0, 0.05) is 36.8 Å². The van der Waals surface area contributed by atoms with Crippen LogP contribution in [0.2, 0.25) is 0 Å². The Hall–Kier alpha value is -1.30. The van der Waals surface area contributed by atoms with Gasteiger partial charge in [0.25, 0.3) is 5.91 Å². The van der Waals surface area contributed by atoms with E-state index in [9.17, 15) is 13.2 Å². The second kappa shape index (κ2) is 6.44. The van der Waals surface area contributed by atoms with Crippen molar-refractivity contribution in [3.8, 4) is 0 Å². The fraction of sp³-hybridized carbons (Fsp3) is 0.688. The number of carbonyl (C=O) groups is 1. The Morgan fingerprint density at radius 2 is 1.82 bits per heavy atom. The van der Waals surface area contributed by atoms with Crippen LogP contribution < -0.4 is 0 Å². The number of nitrogens with zero attached hydrogens (tertiary/aromatic N) is 2. The maximum Gasteiger partial charge on any atom is 0.255 e. The Morgan fingerprint density at radius 1 is 1.23 bits per heavy atom. The molecule has 1 aromatic heterocycles. The number of likely N-dealkylation sites (tertiary alicyclic amines) is 1. The van der Waals surface area contributed by atoms with Crippen LogP contribution in [0.15, 0.2) is 6.07 Å². The molecule has 0 unspecified atom stereocenters. The van der Waals surface area contributed by atoms with Gasteiger partial charge in [0.15, 0.2) is 9.84 Å². The number of piperidine rings is 1. The lowest BCUT2D eigenvalue weighted by Crippen LogP contribution is -2.43. The van der Waals surface area contributed by atoms with Gasteiger partial charge in [0.05, 0.1) is 10.8 Å². The normalized spacial score (nSPS) is 17.0. The van der Waals surface area contributed by atoms with Gasteiger partial charge < -0.3 is 9.47 Å². The third-order valence-corrected chi connectivity index (χ3v) is 7.05. The summed E-state index contributed by atoms with van der Waals surface area (Å²) in [5, 5.41) is -0.287. The third-order valence-electron chi connectivity index (χ3n) is 4.76. The first-order chi connectivity index (χ1) is 10.3. The number of sulfone groups is 1. The number of carbonyl (C=O) groups excluding carboxylic acids is 1. The van der Waals surface area contributed by atoms with Gasteiger partial charge in [-0.25, -0.2) is 8.42 Å². The van der Waals surface area contributed by atoms with Crippen LogP contribution in [0.1, 0.15) is 48.4 Å². The topological polar surface area (TPSA) is 59.4 Å². The molecule has 2 rings (SSSR count). The molecule has 0 aliphatic carbocycles. The van der Waals surface area contributed by atoms with Crippen LogP contribution >= 0.6 is 0 Å². The van der Waals surface area contributed by atoms with Gasteiger partial charge in [-0.3, -0.25) is 4.79 Å². The van der Waals surface area contributed by atoms with Crippen LogP contribution in [0.4, 0.5) is 0 Å². The molecule has 1 fully saturated rings.